The van der Waals surface area contributed by atoms with E-state index in [9.17, 15) is 14.4 Å². The Bertz CT molecular complexity index is 933. The molecule has 0 aromatic heterocycles. The van der Waals surface area contributed by atoms with E-state index in [4.69, 9.17) is 9.47 Å². The molecule has 0 spiro atoms. The molecule has 162 valence electrons. The summed E-state index contributed by atoms with van der Waals surface area (Å²) in [6.45, 7) is -0.0176. The average molecular weight is 424 g/mol. The molecule has 31 heavy (non-hydrogen) atoms. The van der Waals surface area contributed by atoms with Crippen LogP contribution in [0.15, 0.2) is 65.8 Å². The summed E-state index contributed by atoms with van der Waals surface area (Å²) in [5.74, 6) is -1.43. The monoisotopic (exact) mass is 424 g/mol. The predicted molar refractivity (Wildman–Crippen MR) is 115 cm³/mol. The van der Waals surface area contributed by atoms with E-state index >= 15 is 0 Å². The van der Waals surface area contributed by atoms with E-state index in [2.05, 4.69) is 15.7 Å². The molecule has 9 nitrogen and oxygen atoms in total. The van der Waals surface area contributed by atoms with E-state index in [1.807, 2.05) is 60.7 Å². The molecule has 0 saturated heterocycles. The highest BCUT2D eigenvalue weighted by atomic mass is 16.5. The number of benzene rings is 2. The van der Waals surface area contributed by atoms with Crippen molar-refractivity contribution < 1.29 is 23.9 Å². The largest absolute Gasteiger partial charge is 0.451 e. The first-order valence-corrected chi connectivity index (χ1v) is 9.79. The van der Waals surface area contributed by atoms with Crippen LogP contribution in [-0.4, -0.2) is 50.5 Å². The van der Waals surface area contributed by atoms with Crippen molar-refractivity contribution in [3.8, 4) is 0 Å². The fraction of sp³-hybridized carbons (Fsp3) is 0.273. The molecule has 3 rings (SSSR count). The van der Waals surface area contributed by atoms with Crippen LogP contribution in [0.5, 0.6) is 0 Å². The van der Waals surface area contributed by atoms with Gasteiger partial charge in [0, 0.05) is 20.1 Å². The Balaban J connectivity index is 1.61. The molecule has 1 atom stereocenters. The molecule has 9 heteroatoms. The lowest BCUT2D eigenvalue weighted by molar-refractivity contribution is -0.141. The Morgan fingerprint density at radius 1 is 1.06 bits per heavy atom. The number of ether oxygens (including phenoxy) is 2. The highest BCUT2D eigenvalue weighted by Gasteiger charge is 2.33. The van der Waals surface area contributed by atoms with Crippen molar-refractivity contribution in [3.05, 3.63) is 66.2 Å². The number of carbonyl (C=O) groups is 3. The van der Waals surface area contributed by atoms with Crippen LogP contribution in [-0.2, 0) is 19.1 Å². The number of esters is 1. The van der Waals surface area contributed by atoms with Gasteiger partial charge in [-0.3, -0.25) is 15.1 Å². The normalized spacial score (nSPS) is 15.2. The van der Waals surface area contributed by atoms with Crippen LogP contribution >= 0.6 is 0 Å². The van der Waals surface area contributed by atoms with Gasteiger partial charge in [0.15, 0.2) is 6.61 Å². The minimum absolute atomic E-state index is 0.175. The number of urea groups is 1. The Morgan fingerprint density at radius 2 is 1.74 bits per heavy atom. The maximum absolute atomic E-state index is 12.5. The summed E-state index contributed by atoms with van der Waals surface area (Å²) in [5, 5.41) is 10.7. The number of amides is 3. The van der Waals surface area contributed by atoms with Crippen molar-refractivity contribution in [3.63, 3.8) is 0 Å². The first-order valence-electron chi connectivity index (χ1n) is 9.79. The van der Waals surface area contributed by atoms with Gasteiger partial charge < -0.3 is 14.8 Å². The number of hydrogen-bond donors (Lipinski definition) is 2. The fourth-order valence-corrected chi connectivity index (χ4v) is 3.07. The van der Waals surface area contributed by atoms with Gasteiger partial charge in [0.1, 0.15) is 5.71 Å². The summed E-state index contributed by atoms with van der Waals surface area (Å²) in [7, 11) is 1.50. The SMILES string of the molecule is COCCNC(=O)NC(=O)COC(=O)C1=NN(c2ccccc2)C(c2ccccc2)C1. The second-order valence-corrected chi connectivity index (χ2v) is 6.73. The Morgan fingerprint density at radius 3 is 2.42 bits per heavy atom. The van der Waals surface area contributed by atoms with Gasteiger partial charge in [-0.2, -0.15) is 5.10 Å². The molecule has 2 N–H and O–H groups in total. The highest BCUT2D eigenvalue weighted by Crippen LogP contribution is 2.35. The Labute approximate surface area is 180 Å². The maximum Gasteiger partial charge on any atom is 0.355 e. The third-order valence-electron chi connectivity index (χ3n) is 4.53. The quantitative estimate of drug-likeness (QED) is 0.496. The minimum Gasteiger partial charge on any atom is -0.451 e. The van der Waals surface area contributed by atoms with E-state index in [1.54, 1.807) is 5.01 Å². The number of nitrogens with one attached hydrogen (secondary N) is 2. The van der Waals surface area contributed by atoms with Crippen molar-refractivity contribution in [2.45, 2.75) is 12.5 Å². The van der Waals surface area contributed by atoms with Gasteiger partial charge >= 0.3 is 12.0 Å². The molecule has 0 radical (unpaired) electrons. The maximum atomic E-state index is 12.5. The lowest BCUT2D eigenvalue weighted by Gasteiger charge is -2.23. The second-order valence-electron chi connectivity index (χ2n) is 6.73. The Hall–Kier alpha value is -3.72. The third kappa shape index (κ3) is 6.13. The zero-order valence-electron chi connectivity index (χ0n) is 17.1. The zero-order valence-corrected chi connectivity index (χ0v) is 17.1. The Kier molecular flexibility index (Phi) is 7.72. The summed E-state index contributed by atoms with van der Waals surface area (Å²) in [6, 6.07) is 18.4. The standard InChI is InChI=1S/C22H24N4O5/c1-30-13-12-23-22(29)24-20(27)15-31-21(28)18-14-19(16-8-4-2-5-9-16)26(25-18)17-10-6-3-7-11-17/h2-11,19H,12-15H2,1H3,(H2,23,24,27,29). The predicted octanol–water partition coefficient (Wildman–Crippen LogP) is 2.01. The first-order chi connectivity index (χ1) is 15.1. The van der Waals surface area contributed by atoms with Crippen LogP contribution in [0.25, 0.3) is 0 Å². The number of carbonyl (C=O) groups excluding carboxylic acids is 3. The van der Waals surface area contributed by atoms with Crippen LogP contribution in [0.1, 0.15) is 18.0 Å². The topological polar surface area (TPSA) is 109 Å². The second kappa shape index (κ2) is 10.9. The molecule has 0 aliphatic carbocycles. The molecular formula is C22H24N4O5. The number of imide groups is 1. The summed E-state index contributed by atoms with van der Waals surface area (Å²) >= 11 is 0. The first kappa shape index (κ1) is 22.0. The number of rotatable bonds is 8. The van der Waals surface area contributed by atoms with Gasteiger partial charge in [0.2, 0.25) is 0 Å². The van der Waals surface area contributed by atoms with E-state index < -0.39 is 24.5 Å². The van der Waals surface area contributed by atoms with Crippen molar-refractivity contribution in [1.29, 1.82) is 0 Å². The summed E-state index contributed by atoms with van der Waals surface area (Å²) in [5.41, 5.74) is 2.04. The lowest BCUT2D eigenvalue weighted by atomic mass is 10.0. The van der Waals surface area contributed by atoms with Crippen LogP contribution < -0.4 is 15.6 Å². The molecule has 1 aliphatic rings. The molecule has 0 fully saturated rings. The van der Waals surface area contributed by atoms with Gasteiger partial charge in [-0.15, -0.1) is 0 Å². The number of hydrazone groups is 1. The molecule has 3 amide bonds. The molecule has 2 aromatic carbocycles. The molecule has 1 heterocycles. The zero-order chi connectivity index (χ0) is 22.1. The van der Waals surface area contributed by atoms with E-state index in [-0.39, 0.29) is 18.3 Å². The van der Waals surface area contributed by atoms with Gasteiger partial charge in [-0.05, 0) is 17.7 Å². The van der Waals surface area contributed by atoms with Crippen LogP contribution in [0.3, 0.4) is 0 Å². The molecular weight excluding hydrogens is 400 g/mol. The number of anilines is 1. The van der Waals surface area contributed by atoms with Crippen LogP contribution in [0, 0.1) is 0 Å². The van der Waals surface area contributed by atoms with Gasteiger partial charge in [-0.1, -0.05) is 48.5 Å². The summed E-state index contributed by atoms with van der Waals surface area (Å²) in [6.07, 6.45) is 0.330. The van der Waals surface area contributed by atoms with Crippen molar-refractivity contribution in [2.24, 2.45) is 5.10 Å². The molecule has 1 aliphatic heterocycles. The van der Waals surface area contributed by atoms with E-state index in [1.165, 1.54) is 7.11 Å². The third-order valence-corrected chi connectivity index (χ3v) is 4.53. The summed E-state index contributed by atoms with van der Waals surface area (Å²) in [4.78, 5) is 35.9. The van der Waals surface area contributed by atoms with Crippen LogP contribution in [0.2, 0.25) is 0 Å². The number of methoxy groups -OCH3 is 1. The van der Waals surface area contributed by atoms with Crippen molar-refractivity contribution >= 4 is 29.3 Å². The number of hydrogen-bond acceptors (Lipinski definition) is 7. The summed E-state index contributed by atoms with van der Waals surface area (Å²) < 4.78 is 9.87. The van der Waals surface area contributed by atoms with Gasteiger partial charge in [0.25, 0.3) is 5.91 Å². The fourth-order valence-electron chi connectivity index (χ4n) is 3.07. The van der Waals surface area contributed by atoms with Crippen LogP contribution in [0.4, 0.5) is 10.5 Å². The van der Waals surface area contributed by atoms with Crippen molar-refractivity contribution in [1.82, 2.24) is 10.6 Å². The molecule has 1 unspecified atom stereocenters. The minimum atomic E-state index is -0.735. The lowest BCUT2D eigenvalue weighted by Crippen LogP contribution is -2.42. The molecule has 0 bridgehead atoms. The average Bonchev–Trinajstić information content (AvgIpc) is 3.24. The van der Waals surface area contributed by atoms with E-state index in [0.717, 1.165) is 11.3 Å². The number of para-hydroxylation sites is 1. The smallest absolute Gasteiger partial charge is 0.355 e. The van der Waals surface area contributed by atoms with Gasteiger partial charge in [-0.25, -0.2) is 9.59 Å². The molecule has 2 aromatic rings. The van der Waals surface area contributed by atoms with Gasteiger partial charge in [0.05, 0.1) is 18.3 Å². The highest BCUT2D eigenvalue weighted by molar-refractivity contribution is 6.37. The molecule has 0 saturated carbocycles. The van der Waals surface area contributed by atoms with Crippen molar-refractivity contribution in [2.75, 3.05) is 31.9 Å². The number of nitrogens with zero attached hydrogens (tertiary/aromatic N) is 2. The van der Waals surface area contributed by atoms with E-state index in [0.29, 0.717) is 13.0 Å².